The summed E-state index contributed by atoms with van der Waals surface area (Å²) in [5.41, 5.74) is -1.73. The number of rotatable bonds is 41. The minimum absolute atomic E-state index is 0.0454. The SMILES string of the molecule is C[C@H](NC(=O)[C@H](Cc1ccccc1)NC(=O)Cc1cc(F)cc(F)c1)C(=O)NCc1ccc(C2(C(F)(F)F)N=N2)cc1OCCCCCCCCNCCCCCCCC(=O)NCCSSCCNC(=O)CCCC[C@@H]1SC[C@@H]2NC(=O)N[C@@H]21. The number of alkyl halides is 3. The fraction of sp³-hybridized carbons (Fsp3) is 0.593. The number of ether oxygens (including phenoxy) is 1. The van der Waals surface area contributed by atoms with E-state index >= 15 is 0 Å². The van der Waals surface area contributed by atoms with Gasteiger partial charge in [0.25, 0.3) is 0 Å². The minimum Gasteiger partial charge on any atom is -0.493 e. The van der Waals surface area contributed by atoms with Gasteiger partial charge in [0.15, 0.2) is 0 Å². The summed E-state index contributed by atoms with van der Waals surface area (Å²) in [7, 11) is 3.39. The molecule has 2 fully saturated rings. The Morgan fingerprint density at radius 3 is 1.96 bits per heavy atom. The largest absolute Gasteiger partial charge is 0.493 e. The third kappa shape index (κ3) is 23.7. The first-order chi connectivity index (χ1) is 40.5. The summed E-state index contributed by atoms with van der Waals surface area (Å²) < 4.78 is 75.6. The van der Waals surface area contributed by atoms with Gasteiger partial charge in [-0.2, -0.15) is 24.9 Å². The topological polar surface area (TPSA) is 233 Å². The minimum atomic E-state index is -4.76. The second kappa shape index (κ2) is 35.7. The van der Waals surface area contributed by atoms with E-state index in [1.54, 1.807) is 51.9 Å². The van der Waals surface area contributed by atoms with Crippen LogP contribution in [0, 0.1) is 11.6 Å². The number of unbranched alkanes of at least 4 members (excludes halogenated alkanes) is 10. The van der Waals surface area contributed by atoms with Gasteiger partial charge in [0, 0.05) is 78.6 Å². The number of hydrogen-bond acceptors (Lipinski definition) is 13. The highest BCUT2D eigenvalue weighted by molar-refractivity contribution is 8.76. The number of carbonyl (C=O) groups excluding carboxylic acids is 6. The molecule has 0 aliphatic carbocycles. The average molecular weight is 1230 g/mol. The maximum absolute atomic E-state index is 14.0. The average Bonchev–Trinajstić information content (AvgIpc) is 1.90. The van der Waals surface area contributed by atoms with E-state index in [2.05, 4.69) is 52.8 Å². The van der Waals surface area contributed by atoms with Crippen LogP contribution in [-0.4, -0.2) is 121 Å². The monoisotopic (exact) mass is 1230 g/mol. The zero-order chi connectivity index (χ0) is 60.2. The van der Waals surface area contributed by atoms with Crippen molar-refractivity contribution in [1.29, 1.82) is 0 Å². The van der Waals surface area contributed by atoms with Gasteiger partial charge < -0.3 is 47.3 Å². The highest BCUT2D eigenvalue weighted by Crippen LogP contribution is 2.53. The highest BCUT2D eigenvalue weighted by Gasteiger charge is 2.65. The van der Waals surface area contributed by atoms with Gasteiger partial charge in [-0.05, 0) is 87.9 Å². The van der Waals surface area contributed by atoms with Crippen LogP contribution < -0.4 is 47.3 Å². The summed E-state index contributed by atoms with van der Waals surface area (Å²) in [6, 6.07) is 13.5. The van der Waals surface area contributed by atoms with Gasteiger partial charge in [0.1, 0.15) is 29.5 Å². The predicted octanol–water partition coefficient (Wildman–Crippen LogP) is 9.23. The molecule has 462 valence electrons. The van der Waals surface area contributed by atoms with Crippen LogP contribution in [0.2, 0.25) is 0 Å². The van der Waals surface area contributed by atoms with Crippen molar-refractivity contribution in [1.82, 2.24) is 42.5 Å². The first kappa shape index (κ1) is 67.5. The van der Waals surface area contributed by atoms with E-state index in [0.717, 1.165) is 126 Å². The zero-order valence-corrected chi connectivity index (χ0v) is 50.1. The van der Waals surface area contributed by atoms with E-state index < -0.39 is 59.7 Å². The Labute approximate surface area is 501 Å². The Morgan fingerprint density at radius 1 is 0.702 bits per heavy atom. The number of urea groups is 1. The molecule has 3 aliphatic rings. The number of thioether (sulfide) groups is 1. The molecule has 0 saturated carbocycles. The van der Waals surface area contributed by atoms with Gasteiger partial charge in [-0.15, -0.1) is 10.2 Å². The third-order valence-electron chi connectivity index (χ3n) is 14.5. The van der Waals surface area contributed by atoms with Crippen molar-refractivity contribution in [2.24, 2.45) is 10.2 Å². The Morgan fingerprint density at radius 2 is 1.32 bits per heavy atom. The van der Waals surface area contributed by atoms with Crippen LogP contribution >= 0.6 is 33.3 Å². The molecule has 8 N–H and O–H groups in total. The molecule has 0 aromatic heterocycles. The second-order valence-corrected chi connectivity index (χ2v) is 25.3. The van der Waals surface area contributed by atoms with Crippen molar-refractivity contribution in [3.63, 3.8) is 0 Å². The van der Waals surface area contributed by atoms with Crippen LogP contribution in [0.25, 0.3) is 0 Å². The lowest BCUT2D eigenvalue weighted by Gasteiger charge is -2.22. The lowest BCUT2D eigenvalue weighted by atomic mass is 10.00. The number of amides is 7. The van der Waals surface area contributed by atoms with E-state index in [1.165, 1.54) is 25.1 Å². The Kier molecular flexibility index (Phi) is 28.7. The normalized spacial score (nSPS) is 17.3. The van der Waals surface area contributed by atoms with Crippen LogP contribution in [0.15, 0.2) is 77.0 Å². The fourth-order valence-corrected chi connectivity index (χ4v) is 13.2. The quantitative estimate of drug-likeness (QED) is 0.0115. The van der Waals surface area contributed by atoms with Crippen LogP contribution in [0.1, 0.15) is 132 Å². The molecule has 2 saturated heterocycles. The molecule has 0 unspecified atom stereocenters. The molecular weight excluding hydrogens is 1150 g/mol. The van der Waals surface area contributed by atoms with Crippen LogP contribution in [0.4, 0.5) is 26.7 Å². The maximum atomic E-state index is 14.0. The molecule has 17 nitrogen and oxygen atoms in total. The molecular formula is C59H81F5N10O7S3. The molecule has 84 heavy (non-hydrogen) atoms. The number of benzene rings is 3. The standard InChI is InChI=1S/C59H81F5N10O7S3/c1-40(69-56(79)47(34-41-18-10-9-11-19-41)70-53(77)35-42-32-45(60)37-46(61)33-42)55(78)68-38-43-23-24-44(58(73-74-58)59(62,63)64)36-49(43)81-29-17-8-3-2-6-15-25-65-26-16-7-4-5-12-21-51(75)66-27-30-83-84-31-28-67-52(76)22-14-13-20-50-54-48(39-82-50)71-57(80)72-54/h9-11,18-19,23-24,32-33,36-37,40,47-48,50,54,65H,2-8,12-17,20-22,25-31,34-35,38-39H2,1H3,(H,66,75)(H,67,76)(H,68,78)(H,69,79)(H,70,77)(H2,71,72,80)/t40-,47-,48-,50-,54-/m0/s1. The van der Waals surface area contributed by atoms with Crippen molar-refractivity contribution in [2.75, 3.05) is 50.0 Å². The number of nitrogens with one attached hydrogen (secondary N) is 8. The molecule has 3 aliphatic heterocycles. The Bertz CT molecular complexity index is 2600. The number of fused-ring (bicyclic) bond motifs is 1. The van der Waals surface area contributed by atoms with Gasteiger partial charge in [0.05, 0.1) is 25.1 Å². The number of hydrogen-bond donors (Lipinski definition) is 8. The summed E-state index contributed by atoms with van der Waals surface area (Å²) in [5, 5.41) is 30.5. The predicted molar refractivity (Wildman–Crippen MR) is 319 cm³/mol. The zero-order valence-electron chi connectivity index (χ0n) is 47.7. The van der Waals surface area contributed by atoms with E-state index in [9.17, 15) is 50.7 Å². The number of nitrogens with zero attached hydrogens (tertiary/aromatic N) is 2. The summed E-state index contributed by atoms with van der Waals surface area (Å²) in [5.74, 6) is -0.840. The Hall–Kier alpha value is -5.66. The van der Waals surface area contributed by atoms with Crippen molar-refractivity contribution in [3.05, 3.63) is 101 Å². The number of carbonyl (C=O) groups is 6. The van der Waals surface area contributed by atoms with E-state index in [0.29, 0.717) is 54.8 Å². The first-order valence-electron chi connectivity index (χ1n) is 29.3. The van der Waals surface area contributed by atoms with Gasteiger partial charge in [-0.3, -0.25) is 24.0 Å². The fourth-order valence-electron chi connectivity index (χ4n) is 9.88. The molecule has 5 atom stereocenters. The molecule has 6 rings (SSSR count). The maximum Gasteiger partial charge on any atom is 0.442 e. The summed E-state index contributed by atoms with van der Waals surface area (Å²) >= 11 is 1.90. The van der Waals surface area contributed by atoms with Crippen molar-refractivity contribution in [3.8, 4) is 5.75 Å². The molecule has 0 radical (unpaired) electrons. The van der Waals surface area contributed by atoms with Gasteiger partial charge in [-0.1, -0.05) is 115 Å². The van der Waals surface area contributed by atoms with E-state index in [-0.39, 0.29) is 66.4 Å². The number of halogens is 5. The summed E-state index contributed by atoms with van der Waals surface area (Å²) in [4.78, 5) is 75.9. The van der Waals surface area contributed by atoms with Crippen molar-refractivity contribution < 1.29 is 55.5 Å². The molecule has 3 heterocycles. The van der Waals surface area contributed by atoms with Gasteiger partial charge in [-0.25, -0.2) is 13.6 Å². The molecule has 25 heteroatoms. The van der Waals surface area contributed by atoms with E-state index in [1.807, 2.05) is 11.8 Å². The lowest BCUT2D eigenvalue weighted by molar-refractivity contribution is -0.166. The summed E-state index contributed by atoms with van der Waals surface area (Å²) in [6.45, 7) is 4.62. The van der Waals surface area contributed by atoms with Crippen molar-refractivity contribution in [2.45, 2.75) is 170 Å². The first-order valence-corrected chi connectivity index (χ1v) is 32.8. The van der Waals surface area contributed by atoms with Crippen LogP contribution in [0.5, 0.6) is 5.75 Å². The van der Waals surface area contributed by atoms with Crippen molar-refractivity contribution >= 4 is 68.9 Å². The van der Waals surface area contributed by atoms with Gasteiger partial charge >= 0.3 is 17.9 Å². The highest BCUT2D eigenvalue weighted by atomic mass is 33.1. The second-order valence-electron chi connectivity index (χ2n) is 21.4. The van der Waals surface area contributed by atoms with Gasteiger partial charge in [0.2, 0.25) is 29.5 Å². The summed E-state index contributed by atoms with van der Waals surface area (Å²) in [6.07, 6.45) is 9.47. The molecule has 0 bridgehead atoms. The lowest BCUT2D eigenvalue weighted by Crippen LogP contribution is -2.53. The molecule has 0 spiro atoms. The third-order valence-corrected chi connectivity index (χ3v) is 18.5. The van der Waals surface area contributed by atoms with Crippen LogP contribution in [0.3, 0.4) is 0 Å². The molecule has 7 amide bonds. The Balaban J connectivity index is 0.760. The van der Waals surface area contributed by atoms with E-state index in [4.69, 9.17) is 4.74 Å². The smallest absolute Gasteiger partial charge is 0.442 e. The van der Waals surface area contributed by atoms with Crippen LogP contribution in [-0.2, 0) is 49.0 Å². The molecule has 3 aromatic rings. The molecule has 3 aromatic carbocycles.